The van der Waals surface area contributed by atoms with Gasteiger partial charge in [-0.15, -0.1) is 0 Å². The van der Waals surface area contributed by atoms with Gasteiger partial charge in [0.25, 0.3) is 0 Å². The van der Waals surface area contributed by atoms with Crippen molar-refractivity contribution in [3.8, 4) is 0 Å². The minimum absolute atomic E-state index is 0.0183. The van der Waals surface area contributed by atoms with Gasteiger partial charge in [-0.2, -0.15) is 0 Å². The molecule has 0 amide bonds. The fourth-order valence-corrected chi connectivity index (χ4v) is 5.01. The van der Waals surface area contributed by atoms with Crippen LogP contribution >= 0.6 is 0 Å². The van der Waals surface area contributed by atoms with E-state index in [9.17, 15) is 9.59 Å². The number of ether oxygens (including phenoxy) is 1. The van der Waals surface area contributed by atoms with Gasteiger partial charge in [-0.1, -0.05) is 129 Å². The second kappa shape index (κ2) is 30.2. The summed E-state index contributed by atoms with van der Waals surface area (Å²) in [5, 5.41) is 8.76. The van der Waals surface area contributed by atoms with Crippen LogP contribution in [0.15, 0.2) is 12.2 Å². The molecule has 0 radical (unpaired) electrons. The third-order valence-corrected chi connectivity index (χ3v) is 7.49. The summed E-state index contributed by atoms with van der Waals surface area (Å²) in [4.78, 5) is 23.1. The maximum absolute atomic E-state index is 12.5. The van der Waals surface area contributed by atoms with Gasteiger partial charge in [0.05, 0.1) is 0 Å². The summed E-state index contributed by atoms with van der Waals surface area (Å²) >= 11 is 0. The zero-order chi connectivity index (χ0) is 27.9. The minimum atomic E-state index is -0.704. The standard InChI is InChI=1S/C34H64O4/c1-3-5-7-9-11-12-13-14-15-16-18-20-24-28-32(29-25-21-19-22-26-30-33(35)36)38-34(37)31-27-23-17-10-8-6-4-2/h16,18,32H,3-15,17,19-31H2,1-2H3,(H,35,36)/b18-16-. The number of aliphatic carboxylic acids is 1. The Hall–Kier alpha value is -1.32. The Morgan fingerprint density at radius 1 is 0.553 bits per heavy atom. The molecule has 4 heteroatoms. The number of esters is 1. The molecule has 0 aliphatic carbocycles. The first kappa shape index (κ1) is 36.7. The van der Waals surface area contributed by atoms with Crippen LogP contribution in [-0.2, 0) is 14.3 Å². The molecule has 0 heterocycles. The molecule has 0 rings (SSSR count). The molecule has 0 aliphatic rings. The Kier molecular flexibility index (Phi) is 29.2. The second-order valence-electron chi connectivity index (χ2n) is 11.3. The highest BCUT2D eigenvalue weighted by Gasteiger charge is 2.14. The van der Waals surface area contributed by atoms with Crippen molar-refractivity contribution in [1.29, 1.82) is 0 Å². The smallest absolute Gasteiger partial charge is 0.306 e. The lowest BCUT2D eigenvalue weighted by Crippen LogP contribution is -2.18. The molecule has 0 bridgehead atoms. The number of hydrogen-bond acceptors (Lipinski definition) is 3. The molecule has 0 spiro atoms. The van der Waals surface area contributed by atoms with Crippen molar-refractivity contribution in [3.05, 3.63) is 12.2 Å². The molecule has 38 heavy (non-hydrogen) atoms. The van der Waals surface area contributed by atoms with Crippen molar-refractivity contribution in [2.75, 3.05) is 0 Å². The molecule has 0 saturated heterocycles. The Bertz CT molecular complexity index is 543. The highest BCUT2D eigenvalue weighted by Crippen LogP contribution is 2.18. The summed E-state index contributed by atoms with van der Waals surface area (Å²) < 4.78 is 5.92. The number of unbranched alkanes of at least 4 members (excludes halogenated alkanes) is 19. The van der Waals surface area contributed by atoms with Gasteiger partial charge in [0.1, 0.15) is 6.10 Å². The molecule has 0 aromatic rings. The predicted octanol–water partition coefficient (Wildman–Crippen LogP) is 11.1. The fourth-order valence-electron chi connectivity index (χ4n) is 5.01. The van der Waals surface area contributed by atoms with Gasteiger partial charge in [-0.25, -0.2) is 0 Å². The first-order valence-electron chi connectivity index (χ1n) is 16.7. The molecule has 4 nitrogen and oxygen atoms in total. The molecule has 0 saturated carbocycles. The monoisotopic (exact) mass is 536 g/mol. The topological polar surface area (TPSA) is 63.6 Å². The van der Waals surface area contributed by atoms with Gasteiger partial charge < -0.3 is 9.84 Å². The van der Waals surface area contributed by atoms with E-state index in [4.69, 9.17) is 9.84 Å². The molecule has 0 aromatic carbocycles. The number of allylic oxidation sites excluding steroid dienone is 2. The normalized spacial score (nSPS) is 12.3. The summed E-state index contributed by atoms with van der Waals surface area (Å²) in [5.41, 5.74) is 0. The van der Waals surface area contributed by atoms with Crippen molar-refractivity contribution in [2.45, 2.75) is 193 Å². The quantitative estimate of drug-likeness (QED) is 0.0563. The number of rotatable bonds is 30. The summed E-state index contributed by atoms with van der Waals surface area (Å²) in [7, 11) is 0. The molecular weight excluding hydrogens is 472 g/mol. The SMILES string of the molecule is CCCCCCCCCC/C=C\CCCC(CCCCCCCC(=O)O)OC(=O)CCCCCCCCC. The Morgan fingerprint density at radius 2 is 0.974 bits per heavy atom. The summed E-state index contributed by atoms with van der Waals surface area (Å²) in [5.74, 6) is -0.722. The third kappa shape index (κ3) is 29.2. The minimum Gasteiger partial charge on any atom is -0.481 e. The Labute approximate surface area is 236 Å². The van der Waals surface area contributed by atoms with Crippen LogP contribution in [0.1, 0.15) is 187 Å². The molecule has 0 aromatic heterocycles. The number of carboxylic acids is 1. The van der Waals surface area contributed by atoms with E-state index in [1.807, 2.05) is 0 Å². The van der Waals surface area contributed by atoms with Gasteiger partial charge in [0.2, 0.25) is 0 Å². The number of carbonyl (C=O) groups is 2. The average molecular weight is 537 g/mol. The van der Waals surface area contributed by atoms with Crippen molar-refractivity contribution in [3.63, 3.8) is 0 Å². The Morgan fingerprint density at radius 3 is 1.53 bits per heavy atom. The largest absolute Gasteiger partial charge is 0.481 e. The lowest BCUT2D eigenvalue weighted by molar-refractivity contribution is -0.150. The van der Waals surface area contributed by atoms with E-state index in [1.54, 1.807) is 0 Å². The van der Waals surface area contributed by atoms with E-state index in [0.717, 1.165) is 70.6 Å². The highest BCUT2D eigenvalue weighted by molar-refractivity contribution is 5.69. The van der Waals surface area contributed by atoms with Gasteiger partial charge >= 0.3 is 11.9 Å². The second-order valence-corrected chi connectivity index (χ2v) is 11.3. The van der Waals surface area contributed by atoms with E-state index in [0.29, 0.717) is 6.42 Å². The first-order chi connectivity index (χ1) is 18.6. The lowest BCUT2D eigenvalue weighted by Gasteiger charge is -2.18. The van der Waals surface area contributed by atoms with E-state index in [-0.39, 0.29) is 18.5 Å². The van der Waals surface area contributed by atoms with Crippen molar-refractivity contribution >= 4 is 11.9 Å². The molecule has 0 fully saturated rings. The van der Waals surface area contributed by atoms with Crippen molar-refractivity contribution < 1.29 is 19.4 Å². The predicted molar refractivity (Wildman–Crippen MR) is 163 cm³/mol. The molecule has 0 aliphatic heterocycles. The molecule has 224 valence electrons. The highest BCUT2D eigenvalue weighted by atomic mass is 16.5. The Balaban J connectivity index is 4.10. The van der Waals surface area contributed by atoms with E-state index < -0.39 is 5.97 Å². The molecule has 1 N–H and O–H groups in total. The molecule has 1 atom stereocenters. The third-order valence-electron chi connectivity index (χ3n) is 7.49. The maximum Gasteiger partial charge on any atom is 0.306 e. The number of carboxylic acid groups (broad SMARTS) is 1. The van der Waals surface area contributed by atoms with Crippen LogP contribution in [0.4, 0.5) is 0 Å². The first-order valence-corrected chi connectivity index (χ1v) is 16.7. The fraction of sp³-hybridized carbons (Fsp3) is 0.882. The van der Waals surface area contributed by atoms with Crippen LogP contribution in [0.3, 0.4) is 0 Å². The van der Waals surface area contributed by atoms with Crippen LogP contribution in [-0.4, -0.2) is 23.1 Å². The maximum atomic E-state index is 12.5. The van der Waals surface area contributed by atoms with E-state index >= 15 is 0 Å². The van der Waals surface area contributed by atoms with Gasteiger partial charge in [-0.05, 0) is 57.8 Å². The van der Waals surface area contributed by atoms with Gasteiger partial charge in [0.15, 0.2) is 0 Å². The number of carbonyl (C=O) groups excluding carboxylic acids is 1. The summed E-state index contributed by atoms with van der Waals surface area (Å²) in [6.07, 6.45) is 35.1. The van der Waals surface area contributed by atoms with Crippen LogP contribution in [0.5, 0.6) is 0 Å². The van der Waals surface area contributed by atoms with Crippen molar-refractivity contribution in [2.24, 2.45) is 0 Å². The van der Waals surface area contributed by atoms with Crippen LogP contribution in [0.2, 0.25) is 0 Å². The van der Waals surface area contributed by atoms with Crippen LogP contribution < -0.4 is 0 Å². The number of hydrogen-bond donors (Lipinski definition) is 1. The van der Waals surface area contributed by atoms with Crippen molar-refractivity contribution in [1.82, 2.24) is 0 Å². The van der Waals surface area contributed by atoms with Gasteiger partial charge in [-0.3, -0.25) is 9.59 Å². The lowest BCUT2D eigenvalue weighted by atomic mass is 10.0. The molecular formula is C34H64O4. The summed E-state index contributed by atoms with van der Waals surface area (Å²) in [6, 6.07) is 0. The summed E-state index contributed by atoms with van der Waals surface area (Å²) in [6.45, 7) is 4.51. The van der Waals surface area contributed by atoms with E-state index in [1.165, 1.54) is 89.9 Å². The van der Waals surface area contributed by atoms with Gasteiger partial charge in [0, 0.05) is 12.8 Å². The van der Waals surface area contributed by atoms with Crippen LogP contribution in [0, 0.1) is 0 Å². The van der Waals surface area contributed by atoms with E-state index in [2.05, 4.69) is 26.0 Å². The average Bonchev–Trinajstić information content (AvgIpc) is 2.89. The van der Waals surface area contributed by atoms with Crippen LogP contribution in [0.25, 0.3) is 0 Å². The zero-order valence-electron chi connectivity index (χ0n) is 25.5. The molecule has 1 unspecified atom stereocenters. The zero-order valence-corrected chi connectivity index (χ0v) is 25.5.